The number of nitrogens with zero attached hydrogens (tertiary/aromatic N) is 1. The fraction of sp³-hybridized carbons (Fsp3) is 0.435. The Morgan fingerprint density at radius 1 is 1.06 bits per heavy atom. The zero-order chi connectivity index (χ0) is 23.2. The largest absolute Gasteiger partial charge is 0.493 e. The van der Waals surface area contributed by atoms with E-state index in [-0.39, 0.29) is 24.4 Å². The van der Waals surface area contributed by atoms with Crippen LogP contribution >= 0.6 is 0 Å². The zero-order valence-electron chi connectivity index (χ0n) is 19.0. The maximum absolute atomic E-state index is 13.0. The van der Waals surface area contributed by atoms with Crippen molar-refractivity contribution >= 4 is 21.8 Å². The Morgan fingerprint density at radius 3 is 2.23 bits per heavy atom. The van der Waals surface area contributed by atoms with Crippen LogP contribution in [0.25, 0.3) is 0 Å². The number of nitrogens with one attached hydrogen (secondary N) is 1. The number of ether oxygens (including phenoxy) is 1. The van der Waals surface area contributed by atoms with Gasteiger partial charge in [0.05, 0.1) is 13.4 Å². The molecule has 0 bridgehead atoms. The average molecular weight is 449 g/mol. The van der Waals surface area contributed by atoms with E-state index in [1.807, 2.05) is 38.1 Å². The van der Waals surface area contributed by atoms with Gasteiger partial charge in [-0.3, -0.25) is 0 Å². The quantitative estimate of drug-likeness (QED) is 0.546. The Bertz CT molecular complexity index is 988. The van der Waals surface area contributed by atoms with E-state index in [1.165, 1.54) is 12.7 Å². The second-order valence-electron chi connectivity index (χ2n) is 7.86. The molecule has 0 saturated carbocycles. The number of urea groups is 1. The Kier molecular flexibility index (Phi) is 8.33. The third kappa shape index (κ3) is 7.17. The molecule has 1 atom stereocenters. The van der Waals surface area contributed by atoms with Crippen molar-refractivity contribution in [2.45, 2.75) is 52.6 Å². The minimum absolute atomic E-state index is 0.0312. The fourth-order valence-corrected chi connectivity index (χ4v) is 3.50. The van der Waals surface area contributed by atoms with Gasteiger partial charge in [-0.1, -0.05) is 39.0 Å². The highest BCUT2D eigenvalue weighted by Crippen LogP contribution is 2.30. The van der Waals surface area contributed by atoms with Gasteiger partial charge >= 0.3 is 16.1 Å². The van der Waals surface area contributed by atoms with E-state index in [9.17, 15) is 13.2 Å². The first kappa shape index (κ1) is 24.5. The van der Waals surface area contributed by atoms with Crippen LogP contribution in [0.4, 0.5) is 10.5 Å². The topological polar surface area (TPSA) is 84.9 Å². The molecule has 2 rings (SSSR count). The Labute approximate surface area is 185 Å². The Hall–Kier alpha value is -2.74. The monoisotopic (exact) mass is 448 g/mol. The SMILES string of the molecule is CCC(C)N(Cc1ccc(OC)c(OS(C)(=O)=O)c1)C(=O)Nc1ccc(C(C)C)cc1. The van der Waals surface area contributed by atoms with Gasteiger partial charge in [-0.15, -0.1) is 0 Å². The van der Waals surface area contributed by atoms with Crippen molar-refractivity contribution in [1.29, 1.82) is 0 Å². The van der Waals surface area contributed by atoms with Crippen molar-refractivity contribution in [1.82, 2.24) is 4.90 Å². The summed E-state index contributed by atoms with van der Waals surface area (Å²) in [5, 5.41) is 2.95. The van der Waals surface area contributed by atoms with E-state index in [0.717, 1.165) is 23.9 Å². The van der Waals surface area contributed by atoms with Gasteiger partial charge in [-0.05, 0) is 54.7 Å². The first-order valence-electron chi connectivity index (χ1n) is 10.3. The molecule has 0 aliphatic rings. The summed E-state index contributed by atoms with van der Waals surface area (Å²) >= 11 is 0. The standard InChI is InChI=1S/C23H32N2O5S/c1-7-17(4)25(23(26)24-20-11-9-19(10-12-20)16(2)3)15-18-8-13-21(29-5)22(14-18)30-31(6,27)28/h8-14,16-17H,7,15H2,1-6H3,(H,24,26). The number of carbonyl (C=O) groups is 1. The van der Waals surface area contributed by atoms with E-state index >= 15 is 0 Å². The van der Waals surface area contributed by atoms with Gasteiger partial charge in [-0.2, -0.15) is 8.42 Å². The second-order valence-corrected chi connectivity index (χ2v) is 9.44. The van der Waals surface area contributed by atoms with Crippen molar-refractivity contribution < 1.29 is 22.1 Å². The number of anilines is 1. The zero-order valence-corrected chi connectivity index (χ0v) is 19.8. The van der Waals surface area contributed by atoms with Crippen LogP contribution in [0.1, 0.15) is 51.2 Å². The molecule has 0 saturated heterocycles. The van der Waals surface area contributed by atoms with Gasteiger partial charge in [0.15, 0.2) is 11.5 Å². The number of rotatable bonds is 9. The molecule has 2 aromatic rings. The molecule has 170 valence electrons. The summed E-state index contributed by atoms with van der Waals surface area (Å²) in [5.74, 6) is 0.815. The van der Waals surface area contributed by atoms with Crippen molar-refractivity contribution in [2.24, 2.45) is 0 Å². The first-order chi connectivity index (χ1) is 14.5. The molecule has 2 amide bonds. The number of methoxy groups -OCH3 is 1. The predicted molar refractivity (Wildman–Crippen MR) is 123 cm³/mol. The molecular weight excluding hydrogens is 416 g/mol. The number of amides is 2. The third-order valence-corrected chi connectivity index (χ3v) is 5.52. The summed E-state index contributed by atoms with van der Waals surface area (Å²) in [6, 6.07) is 12.5. The van der Waals surface area contributed by atoms with Crippen molar-refractivity contribution in [3.8, 4) is 11.5 Å². The van der Waals surface area contributed by atoms with Gasteiger partial charge in [0.25, 0.3) is 0 Å². The number of carbonyl (C=O) groups excluding carboxylic acids is 1. The van der Waals surface area contributed by atoms with Crippen molar-refractivity contribution in [3.05, 3.63) is 53.6 Å². The molecule has 1 unspecified atom stereocenters. The smallest absolute Gasteiger partial charge is 0.322 e. The maximum atomic E-state index is 13.0. The molecular formula is C23H32N2O5S. The molecule has 0 aliphatic heterocycles. The van der Waals surface area contributed by atoms with Crippen LogP contribution < -0.4 is 14.2 Å². The molecule has 0 heterocycles. The summed E-state index contributed by atoms with van der Waals surface area (Å²) in [4.78, 5) is 14.7. The lowest BCUT2D eigenvalue weighted by Crippen LogP contribution is -2.40. The van der Waals surface area contributed by atoms with Gasteiger partial charge in [0, 0.05) is 18.3 Å². The summed E-state index contributed by atoms with van der Waals surface area (Å²) in [6.45, 7) is 8.51. The van der Waals surface area contributed by atoms with Crippen LogP contribution in [0.2, 0.25) is 0 Å². The molecule has 0 aliphatic carbocycles. The molecule has 0 spiro atoms. The first-order valence-corrected chi connectivity index (χ1v) is 12.1. The van der Waals surface area contributed by atoms with E-state index in [1.54, 1.807) is 23.1 Å². The molecule has 2 aromatic carbocycles. The summed E-state index contributed by atoms with van der Waals surface area (Å²) in [5.41, 5.74) is 2.65. The normalized spacial score (nSPS) is 12.4. The maximum Gasteiger partial charge on any atom is 0.322 e. The van der Waals surface area contributed by atoms with Gasteiger partial charge in [-0.25, -0.2) is 4.79 Å². The highest BCUT2D eigenvalue weighted by atomic mass is 32.2. The van der Waals surface area contributed by atoms with Gasteiger partial charge in [0.2, 0.25) is 0 Å². The Balaban J connectivity index is 2.24. The predicted octanol–water partition coefficient (Wildman–Crippen LogP) is 4.99. The molecule has 0 aromatic heterocycles. The van der Waals surface area contributed by atoms with Crippen LogP contribution in [0.3, 0.4) is 0 Å². The number of benzene rings is 2. The van der Waals surface area contributed by atoms with Crippen molar-refractivity contribution in [2.75, 3.05) is 18.7 Å². The fourth-order valence-electron chi connectivity index (χ4n) is 3.04. The lowest BCUT2D eigenvalue weighted by atomic mass is 10.0. The highest BCUT2D eigenvalue weighted by Gasteiger charge is 2.21. The van der Waals surface area contributed by atoms with E-state index in [4.69, 9.17) is 8.92 Å². The summed E-state index contributed by atoms with van der Waals surface area (Å²) in [7, 11) is -2.28. The minimum atomic E-state index is -3.72. The molecule has 0 fully saturated rings. The van der Waals surface area contributed by atoms with Gasteiger partial charge < -0.3 is 19.1 Å². The third-order valence-electron chi connectivity index (χ3n) is 5.03. The molecule has 1 N–H and O–H groups in total. The van der Waals surface area contributed by atoms with Crippen LogP contribution in [0, 0.1) is 0 Å². The second kappa shape index (κ2) is 10.5. The Morgan fingerprint density at radius 2 is 1.71 bits per heavy atom. The van der Waals surface area contributed by atoms with E-state index in [0.29, 0.717) is 11.7 Å². The number of hydrogen-bond donors (Lipinski definition) is 1. The average Bonchev–Trinajstić information content (AvgIpc) is 2.70. The highest BCUT2D eigenvalue weighted by molar-refractivity contribution is 7.86. The van der Waals surface area contributed by atoms with Gasteiger partial charge in [0.1, 0.15) is 0 Å². The number of hydrogen-bond acceptors (Lipinski definition) is 5. The van der Waals surface area contributed by atoms with Crippen LogP contribution in [-0.2, 0) is 16.7 Å². The van der Waals surface area contributed by atoms with Crippen LogP contribution in [0.5, 0.6) is 11.5 Å². The van der Waals surface area contributed by atoms with Crippen LogP contribution in [0.15, 0.2) is 42.5 Å². The van der Waals surface area contributed by atoms with Crippen molar-refractivity contribution in [3.63, 3.8) is 0 Å². The van der Waals surface area contributed by atoms with E-state index in [2.05, 4.69) is 19.2 Å². The minimum Gasteiger partial charge on any atom is -0.493 e. The summed E-state index contributed by atoms with van der Waals surface area (Å²) < 4.78 is 33.4. The molecule has 7 nitrogen and oxygen atoms in total. The lowest BCUT2D eigenvalue weighted by molar-refractivity contribution is 0.187. The molecule has 0 radical (unpaired) electrons. The molecule has 8 heteroatoms. The van der Waals surface area contributed by atoms with Crippen LogP contribution in [-0.4, -0.2) is 38.8 Å². The summed E-state index contributed by atoms with van der Waals surface area (Å²) in [6.07, 6.45) is 1.74. The van der Waals surface area contributed by atoms with E-state index < -0.39 is 10.1 Å². The lowest BCUT2D eigenvalue weighted by Gasteiger charge is -2.29. The molecule has 31 heavy (non-hydrogen) atoms.